The summed E-state index contributed by atoms with van der Waals surface area (Å²) in [5.41, 5.74) is 0.957. The highest BCUT2D eigenvalue weighted by Crippen LogP contribution is 2.30. The van der Waals surface area contributed by atoms with Gasteiger partial charge in [0.25, 0.3) is 0 Å². The molecule has 1 aromatic carbocycles. The van der Waals surface area contributed by atoms with Crippen molar-refractivity contribution in [1.29, 1.82) is 0 Å². The van der Waals surface area contributed by atoms with Crippen LogP contribution in [0, 0.1) is 5.82 Å². The number of amides is 1. The lowest BCUT2D eigenvalue weighted by atomic mass is 10.1. The summed E-state index contributed by atoms with van der Waals surface area (Å²) in [4.78, 5) is 14.0. The van der Waals surface area contributed by atoms with Crippen LogP contribution in [0.3, 0.4) is 0 Å². The van der Waals surface area contributed by atoms with Crippen molar-refractivity contribution in [3.63, 3.8) is 0 Å². The highest BCUT2D eigenvalue weighted by atomic mass is 32.2. The van der Waals surface area contributed by atoms with E-state index in [-0.39, 0.29) is 17.9 Å². The molecule has 0 radical (unpaired) electrons. The second kappa shape index (κ2) is 6.14. The average molecular weight is 294 g/mol. The number of hydrogen-bond donors (Lipinski definition) is 1. The van der Waals surface area contributed by atoms with Gasteiger partial charge in [0.1, 0.15) is 12.0 Å². The van der Waals surface area contributed by atoms with Crippen LogP contribution in [0.25, 0.3) is 0 Å². The number of carbonyl (C=O) groups excluding carboxylic acids is 1. The molecule has 1 aromatic rings. The second-order valence-corrected chi connectivity index (χ2v) is 6.78. The molecule has 3 rings (SSSR count). The van der Waals surface area contributed by atoms with E-state index in [0.717, 1.165) is 12.1 Å². The van der Waals surface area contributed by atoms with Crippen LogP contribution in [0.1, 0.15) is 31.0 Å². The molecule has 2 atom stereocenters. The quantitative estimate of drug-likeness (QED) is 0.930. The Morgan fingerprint density at radius 2 is 2.10 bits per heavy atom. The number of halogens is 1. The van der Waals surface area contributed by atoms with Crippen molar-refractivity contribution in [1.82, 2.24) is 10.2 Å². The first-order valence-corrected chi connectivity index (χ1v) is 8.19. The predicted octanol–water partition coefficient (Wildman–Crippen LogP) is 2.54. The molecule has 0 aromatic heterocycles. The zero-order valence-corrected chi connectivity index (χ0v) is 12.2. The number of rotatable bonds is 3. The van der Waals surface area contributed by atoms with E-state index in [9.17, 15) is 9.18 Å². The van der Waals surface area contributed by atoms with Crippen LogP contribution in [0.4, 0.5) is 4.39 Å². The summed E-state index contributed by atoms with van der Waals surface area (Å²) < 4.78 is 13.0. The minimum atomic E-state index is -0.243. The molecule has 2 saturated heterocycles. The smallest absolute Gasteiger partial charge is 0.238 e. The molecule has 2 aliphatic heterocycles. The lowest BCUT2D eigenvalue weighted by Gasteiger charge is -2.30. The van der Waals surface area contributed by atoms with Crippen molar-refractivity contribution < 1.29 is 9.18 Å². The summed E-state index contributed by atoms with van der Waals surface area (Å²) in [7, 11) is 0. The maximum absolute atomic E-state index is 13.0. The molecule has 3 nitrogen and oxygen atoms in total. The van der Waals surface area contributed by atoms with Gasteiger partial charge in [-0.3, -0.25) is 10.1 Å². The lowest BCUT2D eigenvalue weighted by Crippen LogP contribution is -2.36. The van der Waals surface area contributed by atoms with E-state index in [1.165, 1.54) is 37.1 Å². The molecule has 1 amide bonds. The van der Waals surface area contributed by atoms with Gasteiger partial charge in [0.05, 0.1) is 6.54 Å². The molecule has 2 heterocycles. The van der Waals surface area contributed by atoms with Gasteiger partial charge in [-0.1, -0.05) is 18.6 Å². The number of thioether (sulfide) groups is 1. The monoisotopic (exact) mass is 294 g/mol. The van der Waals surface area contributed by atoms with Gasteiger partial charge in [-0.05, 0) is 36.3 Å². The lowest BCUT2D eigenvalue weighted by molar-refractivity contribution is -0.128. The van der Waals surface area contributed by atoms with Crippen LogP contribution in [0.15, 0.2) is 24.3 Å². The van der Waals surface area contributed by atoms with Gasteiger partial charge in [-0.25, -0.2) is 4.39 Å². The average Bonchev–Trinajstić information content (AvgIpc) is 2.83. The molecular formula is C15H19FN2OS. The van der Waals surface area contributed by atoms with Gasteiger partial charge < -0.3 is 4.90 Å². The van der Waals surface area contributed by atoms with Crippen LogP contribution in [0.5, 0.6) is 0 Å². The summed E-state index contributed by atoms with van der Waals surface area (Å²) in [6, 6.07) is 6.42. The van der Waals surface area contributed by atoms with E-state index in [2.05, 4.69) is 5.32 Å². The largest absolute Gasteiger partial charge is 0.321 e. The SMILES string of the molecule is O=C1CNC(c2ccc(F)cc2)N1CC1CCCCS1. The topological polar surface area (TPSA) is 32.3 Å². The third-order valence-electron chi connectivity index (χ3n) is 3.94. The third-order valence-corrected chi connectivity index (χ3v) is 5.32. The van der Waals surface area contributed by atoms with Gasteiger partial charge in [0.15, 0.2) is 0 Å². The van der Waals surface area contributed by atoms with Gasteiger partial charge in [-0.15, -0.1) is 0 Å². The molecule has 2 fully saturated rings. The van der Waals surface area contributed by atoms with Crippen molar-refractivity contribution in [2.75, 3.05) is 18.8 Å². The molecule has 0 bridgehead atoms. The van der Waals surface area contributed by atoms with E-state index in [0.29, 0.717) is 11.8 Å². The molecule has 0 aliphatic carbocycles. The zero-order valence-electron chi connectivity index (χ0n) is 11.3. The van der Waals surface area contributed by atoms with Gasteiger partial charge in [0, 0.05) is 11.8 Å². The van der Waals surface area contributed by atoms with Gasteiger partial charge in [-0.2, -0.15) is 11.8 Å². The Morgan fingerprint density at radius 3 is 2.80 bits per heavy atom. The highest BCUT2D eigenvalue weighted by molar-refractivity contribution is 7.99. The first-order valence-electron chi connectivity index (χ1n) is 7.14. The number of nitrogens with one attached hydrogen (secondary N) is 1. The summed E-state index contributed by atoms with van der Waals surface area (Å²) in [5, 5.41) is 3.76. The minimum absolute atomic E-state index is 0.106. The predicted molar refractivity (Wildman–Crippen MR) is 79.0 cm³/mol. The Kier molecular flexibility index (Phi) is 4.27. The van der Waals surface area contributed by atoms with Crippen LogP contribution in [-0.4, -0.2) is 34.9 Å². The maximum Gasteiger partial charge on any atom is 0.238 e. The summed E-state index contributed by atoms with van der Waals surface area (Å²) in [6.07, 6.45) is 3.62. The fourth-order valence-corrected chi connectivity index (χ4v) is 4.16. The van der Waals surface area contributed by atoms with Crippen molar-refractivity contribution in [3.8, 4) is 0 Å². The standard InChI is InChI=1S/C15H19FN2OS/c16-12-6-4-11(5-7-12)15-17-9-14(19)18(15)10-13-3-1-2-8-20-13/h4-7,13,15,17H,1-3,8-10H2. The Labute approximate surface area is 122 Å². The van der Waals surface area contributed by atoms with Crippen LogP contribution >= 0.6 is 11.8 Å². The van der Waals surface area contributed by atoms with E-state index >= 15 is 0 Å². The second-order valence-electron chi connectivity index (χ2n) is 5.37. The fraction of sp³-hybridized carbons (Fsp3) is 0.533. The number of benzene rings is 1. The van der Waals surface area contributed by atoms with Gasteiger partial charge >= 0.3 is 0 Å². The molecule has 108 valence electrons. The Hall–Kier alpha value is -1.07. The summed E-state index contributed by atoms with van der Waals surface area (Å²) >= 11 is 1.97. The van der Waals surface area contributed by atoms with Gasteiger partial charge in [0.2, 0.25) is 5.91 Å². The molecule has 5 heteroatoms. The first kappa shape index (κ1) is 13.9. The number of hydrogen-bond acceptors (Lipinski definition) is 3. The van der Waals surface area contributed by atoms with Crippen LogP contribution in [0.2, 0.25) is 0 Å². The first-order chi connectivity index (χ1) is 9.74. The van der Waals surface area contributed by atoms with Crippen LogP contribution < -0.4 is 5.32 Å². The Morgan fingerprint density at radius 1 is 1.30 bits per heavy atom. The number of carbonyl (C=O) groups is 1. The summed E-state index contributed by atoms with van der Waals surface area (Å²) in [6.45, 7) is 1.16. The Bertz CT molecular complexity index is 473. The zero-order chi connectivity index (χ0) is 13.9. The van der Waals surface area contributed by atoms with Crippen molar-refractivity contribution in [2.45, 2.75) is 30.7 Å². The molecule has 2 unspecified atom stereocenters. The van der Waals surface area contributed by atoms with E-state index < -0.39 is 0 Å². The van der Waals surface area contributed by atoms with E-state index in [1.807, 2.05) is 16.7 Å². The molecule has 0 saturated carbocycles. The van der Waals surface area contributed by atoms with Crippen molar-refractivity contribution >= 4 is 17.7 Å². The minimum Gasteiger partial charge on any atom is -0.321 e. The Balaban J connectivity index is 1.72. The van der Waals surface area contributed by atoms with Crippen molar-refractivity contribution in [2.24, 2.45) is 0 Å². The highest BCUT2D eigenvalue weighted by Gasteiger charge is 2.33. The molecule has 0 spiro atoms. The van der Waals surface area contributed by atoms with Crippen molar-refractivity contribution in [3.05, 3.63) is 35.6 Å². The maximum atomic E-state index is 13.0. The molecule has 2 aliphatic rings. The van der Waals surface area contributed by atoms with E-state index in [1.54, 1.807) is 12.1 Å². The molecule has 1 N–H and O–H groups in total. The fourth-order valence-electron chi connectivity index (χ4n) is 2.86. The summed E-state index contributed by atoms with van der Waals surface area (Å²) in [5.74, 6) is 1.10. The van der Waals surface area contributed by atoms with Crippen LogP contribution in [-0.2, 0) is 4.79 Å². The third kappa shape index (κ3) is 2.99. The van der Waals surface area contributed by atoms with E-state index in [4.69, 9.17) is 0 Å². The molecule has 20 heavy (non-hydrogen) atoms. The normalized spacial score (nSPS) is 27.1. The number of nitrogens with zero attached hydrogens (tertiary/aromatic N) is 1. The molecular weight excluding hydrogens is 275 g/mol.